The number of nitrogens with one attached hydrogen (secondary N) is 1. The van der Waals surface area contributed by atoms with Crippen molar-refractivity contribution in [1.29, 1.82) is 0 Å². The summed E-state index contributed by atoms with van der Waals surface area (Å²) in [4.78, 5) is 26.0. The van der Waals surface area contributed by atoms with Gasteiger partial charge >= 0.3 is 5.97 Å². The van der Waals surface area contributed by atoms with Gasteiger partial charge in [0.05, 0.1) is 7.11 Å². The molecular weight excluding hydrogens is 386 g/mol. The molecule has 3 rings (SSSR count). The number of benzene rings is 2. The van der Waals surface area contributed by atoms with Gasteiger partial charge in [-0.3, -0.25) is 4.79 Å². The highest BCUT2D eigenvalue weighted by molar-refractivity contribution is 7.17. The van der Waals surface area contributed by atoms with Crippen LogP contribution in [0.2, 0.25) is 0 Å². The molecule has 29 heavy (non-hydrogen) atoms. The van der Waals surface area contributed by atoms with Gasteiger partial charge < -0.3 is 14.8 Å². The van der Waals surface area contributed by atoms with Crippen molar-refractivity contribution in [2.75, 3.05) is 19.0 Å². The average molecular weight is 410 g/mol. The smallest absolute Gasteiger partial charge is 0.341 e. The summed E-state index contributed by atoms with van der Waals surface area (Å²) in [6.45, 7) is 5.64. The standard InChI is InChI=1S/C23H23NO4S/c1-14-9-8-10-15(2)21(14)28-13-18(25)24-22-20(23(26)27-4)19(16(3)29-22)17-11-6-5-7-12-17/h5-12H,13H2,1-4H3,(H,24,25). The Labute approximate surface area is 174 Å². The highest BCUT2D eigenvalue weighted by atomic mass is 32.1. The van der Waals surface area contributed by atoms with Gasteiger partial charge in [0.1, 0.15) is 16.3 Å². The molecule has 0 aliphatic carbocycles. The number of hydrogen-bond donors (Lipinski definition) is 1. The van der Waals surface area contributed by atoms with Crippen molar-refractivity contribution in [3.05, 3.63) is 70.1 Å². The van der Waals surface area contributed by atoms with E-state index in [2.05, 4.69) is 5.32 Å². The van der Waals surface area contributed by atoms with Crippen LogP contribution in [0.25, 0.3) is 11.1 Å². The molecule has 0 fully saturated rings. The zero-order valence-corrected chi connectivity index (χ0v) is 17.7. The summed E-state index contributed by atoms with van der Waals surface area (Å²) in [5.74, 6) is -0.124. The summed E-state index contributed by atoms with van der Waals surface area (Å²) in [5, 5.41) is 3.28. The molecule has 0 bridgehead atoms. The summed E-state index contributed by atoms with van der Waals surface area (Å²) in [5.41, 5.74) is 3.96. The number of carbonyl (C=O) groups is 2. The van der Waals surface area contributed by atoms with Crippen LogP contribution in [0.4, 0.5) is 5.00 Å². The van der Waals surface area contributed by atoms with E-state index in [0.29, 0.717) is 16.3 Å². The van der Waals surface area contributed by atoms with Crippen molar-refractivity contribution in [3.63, 3.8) is 0 Å². The third-order valence-electron chi connectivity index (χ3n) is 4.55. The van der Waals surface area contributed by atoms with E-state index in [1.807, 2.05) is 69.3 Å². The predicted octanol–water partition coefficient (Wildman–Crippen LogP) is 5.14. The second-order valence-electron chi connectivity index (χ2n) is 6.65. The molecule has 2 aromatic carbocycles. The van der Waals surface area contributed by atoms with Crippen LogP contribution >= 0.6 is 11.3 Å². The van der Waals surface area contributed by atoms with E-state index in [-0.39, 0.29) is 12.5 Å². The average Bonchev–Trinajstić information content (AvgIpc) is 3.03. The molecule has 0 saturated heterocycles. The van der Waals surface area contributed by atoms with Gasteiger partial charge in [-0.15, -0.1) is 11.3 Å². The minimum Gasteiger partial charge on any atom is -0.483 e. The van der Waals surface area contributed by atoms with Gasteiger partial charge in [-0.2, -0.15) is 0 Å². The molecule has 3 aromatic rings. The summed E-state index contributed by atoms with van der Waals surface area (Å²) in [7, 11) is 1.33. The fourth-order valence-electron chi connectivity index (χ4n) is 3.21. The Balaban J connectivity index is 1.85. The zero-order valence-electron chi connectivity index (χ0n) is 16.9. The largest absolute Gasteiger partial charge is 0.483 e. The van der Waals surface area contributed by atoms with Gasteiger partial charge in [0.25, 0.3) is 5.91 Å². The minimum atomic E-state index is -0.487. The van der Waals surface area contributed by atoms with E-state index >= 15 is 0 Å². The monoisotopic (exact) mass is 409 g/mol. The predicted molar refractivity (Wildman–Crippen MR) is 116 cm³/mol. The number of carbonyl (C=O) groups excluding carboxylic acids is 2. The molecule has 0 radical (unpaired) electrons. The van der Waals surface area contributed by atoms with Crippen LogP contribution in [0, 0.1) is 20.8 Å². The highest BCUT2D eigenvalue weighted by Gasteiger charge is 2.25. The van der Waals surface area contributed by atoms with Gasteiger partial charge in [0.2, 0.25) is 0 Å². The Bertz CT molecular complexity index is 1020. The molecule has 0 atom stereocenters. The Morgan fingerprint density at radius 1 is 0.966 bits per heavy atom. The maximum atomic E-state index is 12.5. The highest BCUT2D eigenvalue weighted by Crippen LogP contribution is 2.40. The molecule has 1 N–H and O–H groups in total. The topological polar surface area (TPSA) is 64.6 Å². The third-order valence-corrected chi connectivity index (χ3v) is 5.57. The number of methoxy groups -OCH3 is 1. The van der Waals surface area contributed by atoms with Crippen LogP contribution in [0.5, 0.6) is 5.75 Å². The Morgan fingerprint density at radius 3 is 2.24 bits per heavy atom. The molecule has 0 aliphatic rings. The number of esters is 1. The van der Waals surface area contributed by atoms with Gasteiger partial charge in [-0.25, -0.2) is 4.79 Å². The number of para-hydroxylation sites is 1. The lowest BCUT2D eigenvalue weighted by atomic mass is 10.0. The number of thiophene rings is 1. The van der Waals surface area contributed by atoms with Crippen molar-refractivity contribution < 1.29 is 19.1 Å². The molecule has 0 saturated carbocycles. The van der Waals surface area contributed by atoms with Gasteiger partial charge in [-0.05, 0) is 37.5 Å². The Kier molecular flexibility index (Phi) is 6.34. The molecule has 1 aromatic heterocycles. The molecule has 1 amide bonds. The summed E-state index contributed by atoms with van der Waals surface area (Å²) >= 11 is 1.35. The molecule has 0 aliphatic heterocycles. The number of anilines is 1. The first kappa shape index (κ1) is 20.6. The normalized spacial score (nSPS) is 10.5. The first-order valence-electron chi connectivity index (χ1n) is 9.18. The number of aryl methyl sites for hydroxylation is 3. The van der Waals surface area contributed by atoms with Crippen molar-refractivity contribution in [2.45, 2.75) is 20.8 Å². The molecular formula is C23H23NO4S. The summed E-state index contributed by atoms with van der Waals surface area (Å²) in [6.07, 6.45) is 0. The first-order chi connectivity index (χ1) is 13.9. The second kappa shape index (κ2) is 8.92. The fourth-order valence-corrected chi connectivity index (χ4v) is 4.29. The maximum absolute atomic E-state index is 12.5. The van der Waals surface area contributed by atoms with Crippen LogP contribution in [0.15, 0.2) is 48.5 Å². The van der Waals surface area contributed by atoms with Crippen molar-refractivity contribution in [3.8, 4) is 16.9 Å². The van der Waals surface area contributed by atoms with Crippen molar-refractivity contribution in [1.82, 2.24) is 0 Å². The van der Waals surface area contributed by atoms with E-state index in [1.54, 1.807) is 0 Å². The molecule has 150 valence electrons. The molecule has 0 spiro atoms. The Morgan fingerprint density at radius 2 is 1.62 bits per heavy atom. The van der Waals surface area contributed by atoms with E-state index in [4.69, 9.17) is 9.47 Å². The molecule has 0 unspecified atom stereocenters. The molecule has 6 heteroatoms. The van der Waals surface area contributed by atoms with Crippen LogP contribution in [-0.4, -0.2) is 25.6 Å². The SMILES string of the molecule is COC(=O)c1c(NC(=O)COc2c(C)cccc2C)sc(C)c1-c1ccccc1. The lowest BCUT2D eigenvalue weighted by molar-refractivity contribution is -0.118. The van der Waals surface area contributed by atoms with Crippen molar-refractivity contribution >= 4 is 28.2 Å². The molecule has 5 nitrogen and oxygen atoms in total. The quantitative estimate of drug-likeness (QED) is 0.572. The zero-order chi connectivity index (χ0) is 21.0. The number of ether oxygens (including phenoxy) is 2. The van der Waals surface area contributed by atoms with Gasteiger partial charge in [0, 0.05) is 10.4 Å². The van der Waals surface area contributed by atoms with Crippen LogP contribution < -0.4 is 10.1 Å². The van der Waals surface area contributed by atoms with Gasteiger partial charge in [-0.1, -0.05) is 48.5 Å². The first-order valence-corrected chi connectivity index (χ1v) is 10.00. The number of amides is 1. The fraction of sp³-hybridized carbons (Fsp3) is 0.217. The van der Waals surface area contributed by atoms with Crippen LogP contribution in [0.3, 0.4) is 0 Å². The summed E-state index contributed by atoms with van der Waals surface area (Å²) < 4.78 is 10.7. The van der Waals surface area contributed by atoms with E-state index < -0.39 is 5.97 Å². The summed E-state index contributed by atoms with van der Waals surface area (Å²) in [6, 6.07) is 15.4. The van der Waals surface area contributed by atoms with Gasteiger partial charge in [0.15, 0.2) is 6.61 Å². The van der Waals surface area contributed by atoms with E-state index in [0.717, 1.165) is 27.1 Å². The minimum absolute atomic E-state index is 0.149. The van der Waals surface area contributed by atoms with E-state index in [9.17, 15) is 9.59 Å². The van der Waals surface area contributed by atoms with E-state index in [1.165, 1.54) is 18.4 Å². The van der Waals surface area contributed by atoms with Crippen LogP contribution in [-0.2, 0) is 9.53 Å². The lowest BCUT2D eigenvalue weighted by Gasteiger charge is -2.12. The number of hydrogen-bond acceptors (Lipinski definition) is 5. The Hall–Kier alpha value is -3.12. The number of rotatable bonds is 6. The third kappa shape index (κ3) is 4.49. The van der Waals surface area contributed by atoms with Crippen LogP contribution in [0.1, 0.15) is 26.4 Å². The second-order valence-corrected chi connectivity index (χ2v) is 7.88. The molecule has 1 heterocycles. The van der Waals surface area contributed by atoms with Crippen molar-refractivity contribution in [2.24, 2.45) is 0 Å². The lowest BCUT2D eigenvalue weighted by Crippen LogP contribution is -2.21. The maximum Gasteiger partial charge on any atom is 0.341 e.